The summed E-state index contributed by atoms with van der Waals surface area (Å²) in [6.07, 6.45) is 1.32. The van der Waals surface area contributed by atoms with Crippen molar-refractivity contribution in [3.05, 3.63) is 35.2 Å². The number of carbonyl (C=O) groups is 1. The second-order valence-corrected chi connectivity index (χ2v) is 6.03. The van der Waals surface area contributed by atoms with Gasteiger partial charge in [0, 0.05) is 16.0 Å². The molecular formula is C15H19NO2S. The van der Waals surface area contributed by atoms with Crippen molar-refractivity contribution in [3.63, 3.8) is 0 Å². The summed E-state index contributed by atoms with van der Waals surface area (Å²) in [7, 11) is 0. The molecule has 2 rings (SSSR count). The normalized spacial score (nSPS) is 14.3. The monoisotopic (exact) mass is 277 g/mol. The minimum Gasteiger partial charge on any atom is -0.383 e. The maximum atomic E-state index is 11.5. The van der Waals surface area contributed by atoms with Crippen molar-refractivity contribution in [1.82, 2.24) is 5.32 Å². The van der Waals surface area contributed by atoms with Crippen molar-refractivity contribution in [2.45, 2.75) is 32.3 Å². The molecule has 1 heterocycles. The molecule has 0 aliphatic carbocycles. The summed E-state index contributed by atoms with van der Waals surface area (Å²) < 4.78 is 1.15. The largest absolute Gasteiger partial charge is 0.383 e. The van der Waals surface area contributed by atoms with E-state index in [9.17, 15) is 9.90 Å². The minimum absolute atomic E-state index is 0.0103. The van der Waals surface area contributed by atoms with E-state index in [-0.39, 0.29) is 12.5 Å². The molecule has 0 aliphatic heterocycles. The van der Waals surface area contributed by atoms with E-state index in [0.717, 1.165) is 21.4 Å². The topological polar surface area (TPSA) is 49.3 Å². The van der Waals surface area contributed by atoms with Crippen LogP contribution in [-0.4, -0.2) is 17.6 Å². The number of fused-ring (bicyclic) bond motifs is 1. The third kappa shape index (κ3) is 3.33. The summed E-state index contributed by atoms with van der Waals surface area (Å²) in [6.45, 7) is 3.95. The zero-order valence-electron chi connectivity index (χ0n) is 11.3. The van der Waals surface area contributed by atoms with Crippen LogP contribution in [0.2, 0.25) is 0 Å². The zero-order chi connectivity index (χ0) is 13.9. The summed E-state index contributed by atoms with van der Waals surface area (Å²) in [4.78, 5) is 12.4. The standard InChI is InChI=1S/C15H19NO2S/c1-3-6-14(17)16-10-15(2,18)13-9-11-7-4-5-8-12(11)19-13/h4-5,7-9,18H,3,6,10H2,1-2H3,(H,16,17). The smallest absolute Gasteiger partial charge is 0.220 e. The van der Waals surface area contributed by atoms with Gasteiger partial charge in [-0.05, 0) is 30.9 Å². The van der Waals surface area contributed by atoms with E-state index in [2.05, 4.69) is 5.32 Å². The van der Waals surface area contributed by atoms with Crippen molar-refractivity contribution in [2.75, 3.05) is 6.54 Å². The first-order chi connectivity index (χ1) is 9.03. The molecule has 0 saturated heterocycles. The van der Waals surface area contributed by atoms with Crippen LogP contribution in [0.5, 0.6) is 0 Å². The Morgan fingerprint density at radius 3 is 2.84 bits per heavy atom. The van der Waals surface area contributed by atoms with Crippen molar-refractivity contribution in [2.24, 2.45) is 0 Å². The number of benzene rings is 1. The Labute approximate surface area is 117 Å². The molecule has 1 unspecified atom stereocenters. The highest BCUT2D eigenvalue weighted by Crippen LogP contribution is 2.32. The van der Waals surface area contributed by atoms with E-state index < -0.39 is 5.60 Å². The van der Waals surface area contributed by atoms with Gasteiger partial charge in [0.05, 0.1) is 6.54 Å². The number of amides is 1. The maximum Gasteiger partial charge on any atom is 0.220 e. The molecule has 102 valence electrons. The van der Waals surface area contributed by atoms with Gasteiger partial charge in [-0.2, -0.15) is 0 Å². The second kappa shape index (κ2) is 5.72. The van der Waals surface area contributed by atoms with E-state index in [0.29, 0.717) is 6.42 Å². The lowest BCUT2D eigenvalue weighted by Gasteiger charge is -2.22. The van der Waals surface area contributed by atoms with Gasteiger partial charge in [-0.1, -0.05) is 25.1 Å². The number of thiophene rings is 1. The first-order valence-corrected chi connectivity index (χ1v) is 7.32. The van der Waals surface area contributed by atoms with Gasteiger partial charge < -0.3 is 10.4 Å². The third-order valence-corrected chi connectivity index (χ3v) is 4.43. The highest BCUT2D eigenvalue weighted by molar-refractivity contribution is 7.19. The van der Waals surface area contributed by atoms with Crippen LogP contribution in [0.3, 0.4) is 0 Å². The van der Waals surface area contributed by atoms with Crippen LogP contribution in [0.1, 0.15) is 31.6 Å². The Hall–Kier alpha value is -1.39. The Morgan fingerprint density at radius 2 is 2.16 bits per heavy atom. The lowest BCUT2D eigenvalue weighted by atomic mass is 10.0. The van der Waals surface area contributed by atoms with Crippen molar-refractivity contribution in [3.8, 4) is 0 Å². The molecule has 1 aromatic heterocycles. The Morgan fingerprint density at radius 1 is 1.42 bits per heavy atom. The number of carbonyl (C=O) groups excluding carboxylic acids is 1. The Balaban J connectivity index is 2.12. The van der Waals surface area contributed by atoms with E-state index in [1.54, 1.807) is 18.3 Å². The number of nitrogens with one attached hydrogen (secondary N) is 1. The molecule has 2 aromatic rings. The van der Waals surface area contributed by atoms with Crippen LogP contribution in [0.15, 0.2) is 30.3 Å². The molecule has 0 spiro atoms. The Bertz CT molecular complexity index is 541. The SMILES string of the molecule is CCCC(=O)NCC(C)(O)c1cc2ccccc2s1. The molecule has 19 heavy (non-hydrogen) atoms. The Kier molecular flexibility index (Phi) is 4.22. The summed E-state index contributed by atoms with van der Waals surface area (Å²) in [5, 5.41) is 14.4. The predicted molar refractivity (Wildman–Crippen MR) is 79.3 cm³/mol. The molecule has 0 radical (unpaired) electrons. The van der Waals surface area contributed by atoms with Crippen molar-refractivity contribution in [1.29, 1.82) is 0 Å². The molecular weight excluding hydrogens is 258 g/mol. The van der Waals surface area contributed by atoms with Crippen LogP contribution >= 0.6 is 11.3 Å². The van der Waals surface area contributed by atoms with Gasteiger partial charge >= 0.3 is 0 Å². The van der Waals surface area contributed by atoms with E-state index >= 15 is 0 Å². The van der Waals surface area contributed by atoms with Crippen molar-refractivity contribution >= 4 is 27.3 Å². The predicted octanol–water partition coefficient (Wildman–Crippen LogP) is 3.03. The average Bonchev–Trinajstić information content (AvgIpc) is 2.81. The van der Waals surface area contributed by atoms with Crippen LogP contribution in [0.4, 0.5) is 0 Å². The van der Waals surface area contributed by atoms with Gasteiger partial charge in [-0.25, -0.2) is 0 Å². The molecule has 0 fully saturated rings. The fraction of sp³-hybridized carbons (Fsp3) is 0.400. The van der Waals surface area contributed by atoms with Crippen molar-refractivity contribution < 1.29 is 9.90 Å². The summed E-state index contributed by atoms with van der Waals surface area (Å²) in [5.74, 6) is -0.0103. The van der Waals surface area contributed by atoms with Crippen LogP contribution in [0.25, 0.3) is 10.1 Å². The molecule has 3 nitrogen and oxygen atoms in total. The second-order valence-electron chi connectivity index (χ2n) is 4.95. The lowest BCUT2D eigenvalue weighted by Crippen LogP contribution is -2.37. The summed E-state index contributed by atoms with van der Waals surface area (Å²) in [6, 6.07) is 10.0. The van der Waals surface area contributed by atoms with E-state index in [1.807, 2.05) is 37.3 Å². The first kappa shape index (κ1) is 14.0. The van der Waals surface area contributed by atoms with Crippen LogP contribution < -0.4 is 5.32 Å². The minimum atomic E-state index is -1.02. The summed E-state index contributed by atoms with van der Waals surface area (Å²) >= 11 is 1.57. The van der Waals surface area contributed by atoms with Gasteiger partial charge in [0.1, 0.15) is 5.60 Å². The van der Waals surface area contributed by atoms with Gasteiger partial charge in [0.15, 0.2) is 0 Å². The summed E-state index contributed by atoms with van der Waals surface area (Å²) in [5.41, 5.74) is -1.02. The van der Waals surface area contributed by atoms with Gasteiger partial charge in [-0.15, -0.1) is 11.3 Å². The number of rotatable bonds is 5. The molecule has 2 N–H and O–H groups in total. The lowest BCUT2D eigenvalue weighted by molar-refractivity contribution is -0.122. The molecule has 0 aliphatic rings. The van der Waals surface area contributed by atoms with Gasteiger partial charge in [0.2, 0.25) is 5.91 Å². The quantitative estimate of drug-likeness (QED) is 0.882. The zero-order valence-corrected chi connectivity index (χ0v) is 12.1. The molecule has 0 bridgehead atoms. The van der Waals surface area contributed by atoms with E-state index in [4.69, 9.17) is 0 Å². The van der Waals surface area contributed by atoms with E-state index in [1.165, 1.54) is 0 Å². The first-order valence-electron chi connectivity index (χ1n) is 6.51. The molecule has 1 aromatic carbocycles. The number of hydrogen-bond acceptors (Lipinski definition) is 3. The third-order valence-electron chi connectivity index (χ3n) is 3.06. The molecule has 1 atom stereocenters. The average molecular weight is 277 g/mol. The molecule has 0 saturated carbocycles. The molecule has 1 amide bonds. The number of hydrogen-bond donors (Lipinski definition) is 2. The fourth-order valence-electron chi connectivity index (χ4n) is 1.92. The highest BCUT2D eigenvalue weighted by atomic mass is 32.1. The van der Waals surface area contributed by atoms with Crippen LogP contribution in [0, 0.1) is 0 Å². The number of aliphatic hydroxyl groups is 1. The van der Waals surface area contributed by atoms with Gasteiger partial charge in [0.25, 0.3) is 0 Å². The fourth-order valence-corrected chi connectivity index (χ4v) is 3.03. The molecule has 4 heteroatoms. The highest BCUT2D eigenvalue weighted by Gasteiger charge is 2.25. The van der Waals surface area contributed by atoms with Crippen LogP contribution in [-0.2, 0) is 10.4 Å². The maximum absolute atomic E-state index is 11.5. The van der Waals surface area contributed by atoms with Gasteiger partial charge in [-0.3, -0.25) is 4.79 Å².